The molecule has 1 aliphatic carbocycles. The van der Waals surface area contributed by atoms with Crippen molar-refractivity contribution in [2.24, 2.45) is 0 Å². The van der Waals surface area contributed by atoms with Gasteiger partial charge < -0.3 is 24.8 Å². The Bertz CT molecular complexity index is 1520. The van der Waals surface area contributed by atoms with E-state index < -0.39 is 0 Å². The molecule has 0 saturated heterocycles. The van der Waals surface area contributed by atoms with Crippen molar-refractivity contribution >= 4 is 3.21 Å². The summed E-state index contributed by atoms with van der Waals surface area (Å²) in [5, 5.41) is 0. The normalized spacial score (nSPS) is 10.8. The van der Waals surface area contributed by atoms with E-state index in [-0.39, 0.29) is 24.8 Å². The van der Waals surface area contributed by atoms with Gasteiger partial charge in [-0.05, 0) is 29.4 Å². The molecule has 0 bridgehead atoms. The van der Waals surface area contributed by atoms with E-state index in [9.17, 15) is 0 Å². The first-order chi connectivity index (χ1) is 20.1. The Morgan fingerprint density at radius 3 is 1.59 bits per heavy atom. The predicted octanol–water partition coefficient (Wildman–Crippen LogP) is 4.75. The van der Waals surface area contributed by atoms with E-state index in [1.807, 2.05) is 0 Å². The molecule has 0 fully saturated rings. The molecule has 3 heteroatoms. The van der Waals surface area contributed by atoms with Crippen molar-refractivity contribution < 1.29 is 49.0 Å². The Labute approximate surface area is 293 Å². The van der Waals surface area contributed by atoms with E-state index >= 15 is 0 Å². The zero-order valence-electron chi connectivity index (χ0n) is 27.4. The van der Waals surface area contributed by atoms with Crippen LogP contribution in [0.3, 0.4) is 0 Å². The molecule has 5 aromatic rings. The van der Waals surface area contributed by atoms with Gasteiger partial charge in [0.1, 0.15) is 0 Å². The van der Waals surface area contributed by atoms with Crippen LogP contribution in [0.25, 0.3) is 11.1 Å². The molecule has 0 saturated carbocycles. The Kier molecular flexibility index (Phi) is 14.9. The number of rotatable bonds is 4. The number of benzene rings is 4. The summed E-state index contributed by atoms with van der Waals surface area (Å²) < 4.78 is 1.42. The first kappa shape index (κ1) is 37.7. The fourth-order valence-corrected chi connectivity index (χ4v) is 6.19. The Hall–Kier alpha value is -2.44. The molecule has 0 heterocycles. The Morgan fingerprint density at radius 2 is 1.16 bits per heavy atom. The van der Waals surface area contributed by atoms with Crippen molar-refractivity contribution in [2.75, 3.05) is 0 Å². The topological polar surface area (TPSA) is 0 Å². The zero-order chi connectivity index (χ0) is 30.4. The van der Waals surface area contributed by atoms with Gasteiger partial charge in [0, 0.05) is 0 Å². The molecule has 0 spiro atoms. The molecule has 0 aliphatic heterocycles. The monoisotopic (exact) mass is 696 g/mol. The maximum absolute atomic E-state index is 3.62. The molecule has 0 nitrogen and oxygen atoms in total. The summed E-state index contributed by atoms with van der Waals surface area (Å²) >= 11 is 1.46. The van der Waals surface area contributed by atoms with E-state index in [0.717, 1.165) is 6.42 Å². The van der Waals surface area contributed by atoms with Crippen LogP contribution >= 0.6 is 0 Å². The van der Waals surface area contributed by atoms with Gasteiger partial charge >= 0.3 is 99.2 Å². The molecule has 5 aromatic carbocycles. The third kappa shape index (κ3) is 9.29. The van der Waals surface area contributed by atoms with Crippen LogP contribution < -0.4 is 24.8 Å². The van der Waals surface area contributed by atoms with Gasteiger partial charge in [-0.2, -0.15) is 52.1 Å². The van der Waals surface area contributed by atoms with E-state index in [1.54, 1.807) is 0 Å². The van der Waals surface area contributed by atoms with Crippen LogP contribution in [0.1, 0.15) is 95.2 Å². The molecule has 44 heavy (non-hydrogen) atoms. The molecule has 0 amide bonds. The van der Waals surface area contributed by atoms with Crippen LogP contribution in [0.4, 0.5) is 0 Å². The second-order valence-electron chi connectivity index (χ2n) is 12.1. The summed E-state index contributed by atoms with van der Waals surface area (Å²) in [6.07, 6.45) is 1.05. The van der Waals surface area contributed by atoms with Crippen molar-refractivity contribution in [3.63, 3.8) is 0 Å². The molecule has 1 aliphatic rings. The van der Waals surface area contributed by atoms with Gasteiger partial charge in [-0.25, -0.2) is 0 Å². The minimum absolute atomic E-state index is 0. The SMILES string of the molecule is CC(C)c1[c-]c2c(cc1)-c1ccc(C(C)C)cc1C2.Cc1[cH-]c(C)c(C)c1C.[Cl-].[Cl-].[Zr+2]=[C](c1ccccc1)c1ccccc1. The summed E-state index contributed by atoms with van der Waals surface area (Å²) in [5.74, 6) is 1.16. The van der Waals surface area contributed by atoms with Crippen LogP contribution in [-0.4, -0.2) is 3.21 Å². The van der Waals surface area contributed by atoms with Crippen LogP contribution in [0.5, 0.6) is 0 Å². The maximum atomic E-state index is 3.62. The van der Waals surface area contributed by atoms with Crippen LogP contribution in [0, 0.1) is 33.8 Å². The standard InChI is InChI=1S/C19H21.C13H10.C9H13.2ClH.Zr/c1-12(2)14-5-7-18-16(9-14)11-17-10-15(13(3)4)6-8-19(17)18;1-3-7-12(8-4-1)11-13-9-5-2-6-10-13;1-6-5-7(2)9(4)8(6)3;;;/h5-9,12-13H,11H2,1-4H3;1-10H;5H,1-4H3;2*1H;/q-1;;-1;;;+2/p-2. The van der Waals surface area contributed by atoms with Crippen molar-refractivity contribution in [2.45, 2.75) is 73.6 Å². The molecule has 0 unspecified atom stereocenters. The number of halogens is 2. The van der Waals surface area contributed by atoms with Gasteiger partial charge in [-0.15, -0.1) is 11.1 Å². The Morgan fingerprint density at radius 1 is 0.659 bits per heavy atom. The summed E-state index contributed by atoms with van der Waals surface area (Å²) in [6, 6.07) is 38.4. The molecule has 0 radical (unpaired) electrons. The summed E-state index contributed by atoms with van der Waals surface area (Å²) in [7, 11) is 0. The first-order valence-electron chi connectivity index (χ1n) is 15.1. The van der Waals surface area contributed by atoms with Crippen molar-refractivity contribution in [1.29, 1.82) is 0 Å². The molecule has 6 rings (SSSR count). The second kappa shape index (κ2) is 17.3. The van der Waals surface area contributed by atoms with Gasteiger partial charge in [-0.1, -0.05) is 79.2 Å². The van der Waals surface area contributed by atoms with Gasteiger partial charge in [0.05, 0.1) is 0 Å². The summed E-state index contributed by atoms with van der Waals surface area (Å²) in [5.41, 5.74) is 16.8. The van der Waals surface area contributed by atoms with Crippen molar-refractivity contribution in [3.8, 4) is 11.1 Å². The van der Waals surface area contributed by atoms with E-state index in [2.05, 4.69) is 159 Å². The van der Waals surface area contributed by atoms with Gasteiger partial charge in [0.2, 0.25) is 0 Å². The Balaban J connectivity index is 0.000000240. The van der Waals surface area contributed by atoms with Crippen molar-refractivity contribution in [1.82, 2.24) is 0 Å². The number of hydrogen-bond acceptors (Lipinski definition) is 0. The number of aryl methyl sites for hydroxylation is 2. The minimum atomic E-state index is 0. The van der Waals surface area contributed by atoms with Crippen LogP contribution in [0.15, 0.2) is 97.1 Å². The summed E-state index contributed by atoms with van der Waals surface area (Å²) in [6.45, 7) is 17.7. The van der Waals surface area contributed by atoms with Gasteiger partial charge in [-0.3, -0.25) is 0 Å². The van der Waals surface area contributed by atoms with Gasteiger partial charge in [0.15, 0.2) is 0 Å². The fraction of sp³-hybridized carbons (Fsp3) is 0.268. The third-order valence-corrected chi connectivity index (χ3v) is 9.85. The quantitative estimate of drug-likeness (QED) is 0.233. The molecule has 0 atom stereocenters. The zero-order valence-corrected chi connectivity index (χ0v) is 31.3. The summed E-state index contributed by atoms with van der Waals surface area (Å²) in [4.78, 5) is 0. The second-order valence-corrected chi connectivity index (χ2v) is 13.3. The average Bonchev–Trinajstić information content (AvgIpc) is 3.48. The van der Waals surface area contributed by atoms with E-state index in [4.69, 9.17) is 0 Å². The number of fused-ring (bicyclic) bond motifs is 3. The van der Waals surface area contributed by atoms with Crippen molar-refractivity contribution in [3.05, 3.63) is 159 Å². The predicted molar refractivity (Wildman–Crippen MR) is 179 cm³/mol. The van der Waals surface area contributed by atoms with Gasteiger partial charge in [0.25, 0.3) is 0 Å². The van der Waals surface area contributed by atoms with Crippen LogP contribution in [-0.2, 0) is 30.7 Å². The molecule has 228 valence electrons. The van der Waals surface area contributed by atoms with Crippen LogP contribution in [0.2, 0.25) is 0 Å². The molecular weight excluding hydrogens is 655 g/mol. The molecular formula is C41H44Cl2Zr-2. The molecule has 0 aromatic heterocycles. The third-order valence-electron chi connectivity index (χ3n) is 8.43. The molecule has 0 N–H and O–H groups in total. The van der Waals surface area contributed by atoms with E-state index in [1.165, 1.54) is 94.2 Å². The number of hydrogen-bond donors (Lipinski definition) is 0. The van der Waals surface area contributed by atoms with E-state index in [0.29, 0.717) is 11.8 Å². The fourth-order valence-electron chi connectivity index (χ4n) is 5.37. The average molecular weight is 699 g/mol. The first-order valence-corrected chi connectivity index (χ1v) is 16.4.